The Kier molecular flexibility index (Phi) is 52.3. The molecule has 0 spiro atoms. The Bertz CT molecular complexity index is 4530. The molecule has 0 saturated heterocycles. The lowest BCUT2D eigenvalue weighted by Crippen LogP contribution is -2.28. The van der Waals surface area contributed by atoms with Crippen LogP contribution in [-0.4, -0.2) is 203 Å². The first-order valence-corrected chi connectivity index (χ1v) is 37.3. The third kappa shape index (κ3) is 36.2. The van der Waals surface area contributed by atoms with Crippen molar-refractivity contribution in [2.75, 3.05) is 119 Å². The molecule has 0 saturated carbocycles. The highest BCUT2D eigenvalue weighted by atomic mass is 32.1. The zero-order valence-corrected chi connectivity index (χ0v) is 64.3. The van der Waals surface area contributed by atoms with Crippen molar-refractivity contribution in [2.24, 2.45) is 0 Å². The van der Waals surface area contributed by atoms with E-state index in [1.807, 2.05) is 79.7 Å². The summed E-state index contributed by atoms with van der Waals surface area (Å²) in [4.78, 5) is 133. The van der Waals surface area contributed by atoms with Gasteiger partial charge in [-0.05, 0) is 132 Å². The van der Waals surface area contributed by atoms with Crippen LogP contribution in [0, 0.1) is 0 Å². The van der Waals surface area contributed by atoms with E-state index in [2.05, 4.69) is 4.74 Å². The maximum absolute atomic E-state index is 13.2. The summed E-state index contributed by atoms with van der Waals surface area (Å²) in [5.74, 6) is -3.78. The second-order valence-corrected chi connectivity index (χ2v) is 27.2. The molecular formula is C88H120O27S2. The Labute approximate surface area is 695 Å². The quantitative estimate of drug-likeness (QED) is 0.0149. The molecule has 2 aromatic heterocycles. The van der Waals surface area contributed by atoms with Gasteiger partial charge in [-0.25, -0.2) is 28.8 Å². The van der Waals surface area contributed by atoms with Gasteiger partial charge in [0, 0.05) is 80.3 Å². The van der Waals surface area contributed by atoms with Crippen molar-refractivity contribution < 1.29 is 119 Å². The maximum atomic E-state index is 13.2. The number of hydrogen-bond donors (Lipinski definition) is 0. The number of unbranched alkanes of at least 4 members (excludes halogenated alkanes) is 1. The molecule has 1 aliphatic rings. The van der Waals surface area contributed by atoms with Crippen molar-refractivity contribution in [1.82, 2.24) is 0 Å². The summed E-state index contributed by atoms with van der Waals surface area (Å²) in [6.07, 6.45) is -0.0521. The molecule has 117 heavy (non-hydrogen) atoms. The van der Waals surface area contributed by atoms with Gasteiger partial charge in [0.1, 0.15) is 63.2 Å². The molecule has 8 aromatic rings. The summed E-state index contributed by atoms with van der Waals surface area (Å²) in [5.41, 5.74) is 3.02. The van der Waals surface area contributed by atoms with E-state index in [4.69, 9.17) is 71.1 Å². The molecule has 5 unspecified atom stereocenters. The van der Waals surface area contributed by atoms with E-state index in [-0.39, 0.29) is 184 Å². The van der Waals surface area contributed by atoms with Gasteiger partial charge < -0.3 is 75.8 Å². The van der Waals surface area contributed by atoms with Gasteiger partial charge >= 0.3 is 47.8 Å². The van der Waals surface area contributed by atoms with Gasteiger partial charge in [0.15, 0.2) is 23.2 Å². The van der Waals surface area contributed by atoms with Crippen LogP contribution >= 0.6 is 22.7 Å². The molecule has 6 aromatic carbocycles. The summed E-state index contributed by atoms with van der Waals surface area (Å²) in [6, 6.07) is 37.8. The molecule has 646 valence electrons. The average Bonchev–Trinajstić information content (AvgIpc) is 0.780. The minimum Gasteiger partial charge on any atom is -0.482 e. The maximum Gasteiger partial charge on any atom is 0.344 e. The molecular weight excluding hydrogens is 1550 g/mol. The van der Waals surface area contributed by atoms with E-state index >= 15 is 0 Å². The Balaban J connectivity index is 0.00000174. The Morgan fingerprint density at radius 1 is 0.385 bits per heavy atom. The highest BCUT2D eigenvalue weighted by molar-refractivity contribution is 7.25. The number of methoxy groups -OCH3 is 1. The molecule has 29 heteroatoms. The SMILES string of the molecule is C.C.C.C.C.C.C.CC(=O)OC(C)COCC(=O)OC(C)COCC(=O)OC(C)COCCCOCC(C)OC(=O)c1cccc2c1C(=O)c1ccccc1C2.CC(=O)OCCOC(C)COCCOC(=O)c1cccc2sc3ccccc3c(=O)c12.COCC(=O)OCCCCOC(=O)COc1ccc2sc3ccccc3c(=O)c2c1. The van der Waals surface area contributed by atoms with Crippen LogP contribution in [0.15, 0.2) is 137 Å². The summed E-state index contributed by atoms with van der Waals surface area (Å²) in [6.45, 7) is 12.8. The fourth-order valence-electron chi connectivity index (χ4n) is 10.8. The van der Waals surface area contributed by atoms with E-state index in [0.717, 1.165) is 29.9 Å². The van der Waals surface area contributed by atoms with Crippen LogP contribution in [0.3, 0.4) is 0 Å². The van der Waals surface area contributed by atoms with E-state index in [0.29, 0.717) is 83.9 Å². The molecule has 0 aliphatic heterocycles. The zero-order valence-electron chi connectivity index (χ0n) is 62.7. The first-order valence-electron chi connectivity index (χ1n) is 35.7. The minimum absolute atomic E-state index is 0. The summed E-state index contributed by atoms with van der Waals surface area (Å²) < 4.78 is 87.0. The molecule has 27 nitrogen and oxygen atoms in total. The number of ketones is 1. The third-order valence-electron chi connectivity index (χ3n) is 15.7. The van der Waals surface area contributed by atoms with Crippen LogP contribution in [0.25, 0.3) is 40.3 Å². The molecule has 2 heterocycles. The lowest BCUT2D eigenvalue weighted by molar-refractivity contribution is -0.162. The van der Waals surface area contributed by atoms with Crippen LogP contribution in [-0.2, 0) is 106 Å². The smallest absolute Gasteiger partial charge is 0.344 e. The van der Waals surface area contributed by atoms with Gasteiger partial charge in [0.2, 0.25) is 0 Å². The van der Waals surface area contributed by atoms with E-state index in [1.54, 1.807) is 82.3 Å². The third-order valence-corrected chi connectivity index (χ3v) is 18.0. The monoisotopic (exact) mass is 1670 g/mol. The van der Waals surface area contributed by atoms with Crippen molar-refractivity contribution >= 4 is 117 Å². The van der Waals surface area contributed by atoms with Crippen LogP contribution in [0.2, 0.25) is 0 Å². The zero-order chi connectivity index (χ0) is 79.3. The average molecular weight is 1670 g/mol. The van der Waals surface area contributed by atoms with Crippen molar-refractivity contribution in [2.45, 2.75) is 157 Å². The number of hydrogen-bond acceptors (Lipinski definition) is 29. The Morgan fingerprint density at radius 2 is 0.872 bits per heavy atom. The number of ether oxygens (including phenoxy) is 16. The second-order valence-electron chi connectivity index (χ2n) is 25.1. The summed E-state index contributed by atoms with van der Waals surface area (Å²) >= 11 is 3.00. The highest BCUT2D eigenvalue weighted by Gasteiger charge is 2.29. The predicted octanol–water partition coefficient (Wildman–Crippen LogP) is 15.0. The predicted molar refractivity (Wildman–Crippen MR) is 454 cm³/mol. The van der Waals surface area contributed by atoms with Crippen LogP contribution < -0.4 is 15.6 Å². The molecule has 0 N–H and O–H groups in total. The summed E-state index contributed by atoms with van der Waals surface area (Å²) in [7, 11) is 1.42. The Morgan fingerprint density at radius 3 is 1.48 bits per heavy atom. The molecule has 9 rings (SSSR count). The van der Waals surface area contributed by atoms with Gasteiger partial charge in [-0.2, -0.15) is 0 Å². The minimum atomic E-state index is -0.619. The van der Waals surface area contributed by atoms with E-state index < -0.39 is 66.2 Å². The van der Waals surface area contributed by atoms with Crippen LogP contribution in [0.1, 0.15) is 167 Å². The number of carbonyl (C=O) groups is 9. The van der Waals surface area contributed by atoms with Crippen molar-refractivity contribution in [1.29, 1.82) is 0 Å². The summed E-state index contributed by atoms with van der Waals surface area (Å²) in [5, 5.41) is 2.20. The molecule has 0 bridgehead atoms. The largest absolute Gasteiger partial charge is 0.482 e. The Hall–Kier alpha value is -9.95. The number of rotatable bonds is 41. The van der Waals surface area contributed by atoms with Crippen LogP contribution in [0.5, 0.6) is 5.75 Å². The van der Waals surface area contributed by atoms with E-state index in [9.17, 15) is 52.7 Å². The van der Waals surface area contributed by atoms with Gasteiger partial charge in [0.05, 0.1) is 82.1 Å². The fraction of sp³-hybridized carbons (Fsp3) is 0.466. The number of carbonyl (C=O) groups excluding carboxylic acids is 9. The molecule has 1 aliphatic carbocycles. The fourth-order valence-corrected chi connectivity index (χ4v) is 13.0. The number of fused-ring (bicyclic) bond motifs is 6. The van der Waals surface area contributed by atoms with E-state index in [1.165, 1.54) is 43.6 Å². The topological polar surface area (TPSA) is 335 Å². The lowest BCUT2D eigenvalue weighted by Gasteiger charge is -2.21. The van der Waals surface area contributed by atoms with Crippen molar-refractivity contribution in [3.63, 3.8) is 0 Å². The number of esters is 8. The van der Waals surface area contributed by atoms with Gasteiger partial charge in [0.25, 0.3) is 0 Å². The molecule has 0 amide bonds. The van der Waals surface area contributed by atoms with Gasteiger partial charge in [-0.15, -0.1) is 22.7 Å². The first-order chi connectivity index (χ1) is 53.0. The van der Waals surface area contributed by atoms with Gasteiger partial charge in [-0.1, -0.05) is 119 Å². The highest BCUT2D eigenvalue weighted by Crippen LogP contribution is 2.32. The molecule has 5 atom stereocenters. The van der Waals surface area contributed by atoms with Crippen molar-refractivity contribution in [3.05, 3.63) is 181 Å². The van der Waals surface area contributed by atoms with Gasteiger partial charge in [-0.3, -0.25) is 24.0 Å². The second kappa shape index (κ2) is 57.2. The van der Waals surface area contributed by atoms with Crippen LogP contribution in [0.4, 0.5) is 0 Å². The number of benzene rings is 6. The first kappa shape index (κ1) is 107. The molecule has 0 radical (unpaired) electrons. The standard InChI is InChI=1S/C36H46O13.C23H24O7S.C22H22O7S.7CH4/c1-23(46-27(5)37)19-44-21-33(39)48-25(3)20-45-22-32(38)47-24(2)17-42-14-9-15-43-18-26(4)49-36(41)31-13-8-11-29-16-28-10-6-7-12-30(28)35(40)34(29)31;1-15(28-12-13-29-16(2)24)14-27-10-11-30-23(26)18-7-5-9-20-21(18)22(25)17-6-3-4-8-19(17)31-20;1-26-13-20(23)27-10-4-5-11-28-21(24)14-29-15-8-9-19-17(12-15)22(25)16-6-2-3-7-18(16)30-19;;;;;;;/h6-8,10-13,23-26H,9,14-22H2,1-5H3;3-9,15H,10-14H2,1-2H3;2-3,6-9,12H,4-5,10-11,13-14H2,1H3;7*1H4. The lowest BCUT2D eigenvalue weighted by atomic mass is 9.83. The molecule has 0 fully saturated rings. The normalized spacial score (nSPS) is 12.0. The van der Waals surface area contributed by atoms with Crippen molar-refractivity contribution in [3.8, 4) is 5.75 Å².